The van der Waals surface area contributed by atoms with Crippen molar-refractivity contribution in [2.24, 2.45) is 0 Å². The van der Waals surface area contributed by atoms with E-state index in [0.29, 0.717) is 0 Å². The summed E-state index contributed by atoms with van der Waals surface area (Å²) in [6.45, 7) is 1.96. The third kappa shape index (κ3) is 2.22. The first-order chi connectivity index (χ1) is 6.15. The van der Waals surface area contributed by atoms with Gasteiger partial charge in [-0.15, -0.1) is 0 Å². The van der Waals surface area contributed by atoms with Gasteiger partial charge < -0.3 is 15.4 Å². The third-order valence-corrected chi connectivity index (χ3v) is 1.89. The number of nitrogens with zero attached hydrogens (tertiary/aromatic N) is 2. The summed E-state index contributed by atoms with van der Waals surface area (Å²) in [6, 6.07) is 3.27. The van der Waals surface area contributed by atoms with E-state index in [-0.39, 0.29) is 11.9 Å². The first-order valence-corrected chi connectivity index (χ1v) is 3.92. The summed E-state index contributed by atoms with van der Waals surface area (Å²) in [6.07, 6.45) is 1.51. The Morgan fingerprint density at radius 2 is 2.31 bits per heavy atom. The molecule has 13 heavy (non-hydrogen) atoms. The van der Waals surface area contributed by atoms with Gasteiger partial charge in [0, 0.05) is 17.7 Å². The highest BCUT2D eigenvalue weighted by Crippen LogP contribution is 2.13. The number of hydrogen-bond donors (Lipinski definition) is 1. The summed E-state index contributed by atoms with van der Waals surface area (Å²) >= 11 is 0. The van der Waals surface area contributed by atoms with Crippen LogP contribution in [0.3, 0.4) is 0 Å². The van der Waals surface area contributed by atoms with Crippen molar-refractivity contribution in [3.63, 3.8) is 0 Å². The molecule has 0 bridgehead atoms. The molecule has 0 spiro atoms. The molecular weight excluding hydrogens is 170 g/mol. The van der Waals surface area contributed by atoms with E-state index in [0.717, 1.165) is 5.56 Å². The first-order valence-electron chi connectivity index (χ1n) is 3.92. The number of nitrogens with one attached hydrogen (secondary N) is 1. The maximum absolute atomic E-state index is 10.3. The molecule has 1 unspecified atom stereocenters. The van der Waals surface area contributed by atoms with Crippen LogP contribution in [0, 0.1) is 10.1 Å². The smallest absolute Gasteiger partial charge is 0.358 e. The molecule has 1 aromatic rings. The zero-order valence-corrected chi connectivity index (χ0v) is 7.52. The molecule has 0 aromatic carbocycles. The quantitative estimate of drug-likeness (QED) is 0.563. The molecule has 0 amide bonds. The molecule has 0 radical (unpaired) electrons. The molecule has 1 atom stereocenters. The van der Waals surface area contributed by atoms with Gasteiger partial charge in [-0.1, -0.05) is 0 Å². The van der Waals surface area contributed by atoms with Crippen LogP contribution in [0.5, 0.6) is 0 Å². The van der Waals surface area contributed by atoms with Crippen molar-refractivity contribution in [1.29, 1.82) is 0 Å². The minimum absolute atomic E-state index is 0.118. The molecular formula is C8H11N3O2. The van der Waals surface area contributed by atoms with Crippen LogP contribution in [-0.4, -0.2) is 17.0 Å². The maximum atomic E-state index is 10.3. The van der Waals surface area contributed by atoms with Crippen LogP contribution in [0.15, 0.2) is 18.3 Å². The molecule has 5 heteroatoms. The van der Waals surface area contributed by atoms with Gasteiger partial charge in [0.15, 0.2) is 0 Å². The summed E-state index contributed by atoms with van der Waals surface area (Å²) in [7, 11) is 1.83. The van der Waals surface area contributed by atoms with E-state index in [4.69, 9.17) is 0 Å². The number of aromatic nitrogens is 1. The van der Waals surface area contributed by atoms with E-state index in [1.54, 1.807) is 6.07 Å². The largest absolute Gasteiger partial charge is 0.363 e. The van der Waals surface area contributed by atoms with Crippen LogP contribution in [-0.2, 0) is 0 Å². The summed E-state index contributed by atoms with van der Waals surface area (Å²) in [5.74, 6) is -0.118. The van der Waals surface area contributed by atoms with E-state index in [1.807, 2.05) is 14.0 Å². The minimum Gasteiger partial charge on any atom is -0.358 e. The highest BCUT2D eigenvalue weighted by atomic mass is 16.6. The molecule has 0 saturated carbocycles. The van der Waals surface area contributed by atoms with Crippen molar-refractivity contribution >= 4 is 5.82 Å². The van der Waals surface area contributed by atoms with Crippen molar-refractivity contribution in [2.45, 2.75) is 13.0 Å². The number of pyridine rings is 1. The van der Waals surface area contributed by atoms with Crippen molar-refractivity contribution in [2.75, 3.05) is 7.05 Å². The van der Waals surface area contributed by atoms with Gasteiger partial charge >= 0.3 is 5.82 Å². The van der Waals surface area contributed by atoms with Crippen LogP contribution in [0.4, 0.5) is 5.82 Å². The van der Waals surface area contributed by atoms with Gasteiger partial charge in [-0.25, -0.2) is 0 Å². The van der Waals surface area contributed by atoms with Gasteiger partial charge in [0.1, 0.15) is 6.20 Å². The topological polar surface area (TPSA) is 68.1 Å². The first kappa shape index (κ1) is 9.60. The van der Waals surface area contributed by atoms with Crippen molar-refractivity contribution in [1.82, 2.24) is 10.3 Å². The molecule has 1 heterocycles. The molecule has 0 saturated heterocycles. The highest BCUT2D eigenvalue weighted by molar-refractivity contribution is 5.24. The molecule has 0 aliphatic carbocycles. The molecule has 1 rings (SSSR count). The lowest BCUT2D eigenvalue weighted by atomic mass is 10.1. The van der Waals surface area contributed by atoms with E-state index in [1.165, 1.54) is 12.3 Å². The summed E-state index contributed by atoms with van der Waals surface area (Å²) in [4.78, 5) is 13.5. The standard InChI is InChI=1S/C8H11N3O2/c1-6(9-2)7-3-4-8(10-5-7)11(12)13/h3-6,9H,1-2H3. The second-order valence-electron chi connectivity index (χ2n) is 2.72. The van der Waals surface area contributed by atoms with Gasteiger partial charge in [0.05, 0.1) is 0 Å². The monoisotopic (exact) mass is 181 g/mol. The van der Waals surface area contributed by atoms with E-state index >= 15 is 0 Å². The zero-order chi connectivity index (χ0) is 9.84. The Bertz CT molecular complexity index is 297. The summed E-state index contributed by atoms with van der Waals surface area (Å²) < 4.78 is 0. The Morgan fingerprint density at radius 1 is 1.62 bits per heavy atom. The zero-order valence-electron chi connectivity index (χ0n) is 7.52. The maximum Gasteiger partial charge on any atom is 0.363 e. The number of nitro groups is 1. The molecule has 0 fully saturated rings. The normalized spacial score (nSPS) is 12.5. The number of hydrogen-bond acceptors (Lipinski definition) is 4. The van der Waals surface area contributed by atoms with Crippen molar-refractivity contribution in [3.05, 3.63) is 34.0 Å². The number of rotatable bonds is 3. The predicted octanol–water partition coefficient (Wildman–Crippen LogP) is 1.27. The van der Waals surface area contributed by atoms with E-state index in [2.05, 4.69) is 10.3 Å². The molecule has 1 N–H and O–H groups in total. The van der Waals surface area contributed by atoms with Crippen LogP contribution in [0.1, 0.15) is 18.5 Å². The molecule has 0 aliphatic heterocycles. The average molecular weight is 181 g/mol. The van der Waals surface area contributed by atoms with Crippen LogP contribution in [0.2, 0.25) is 0 Å². The lowest BCUT2D eigenvalue weighted by molar-refractivity contribution is -0.389. The van der Waals surface area contributed by atoms with Crippen LogP contribution in [0.25, 0.3) is 0 Å². The SMILES string of the molecule is CNC(C)c1ccc([N+](=O)[O-])nc1. The highest BCUT2D eigenvalue weighted by Gasteiger charge is 2.09. The van der Waals surface area contributed by atoms with Gasteiger partial charge in [-0.05, 0) is 29.9 Å². The Morgan fingerprint density at radius 3 is 2.69 bits per heavy atom. The van der Waals surface area contributed by atoms with Crippen LogP contribution >= 0.6 is 0 Å². The fourth-order valence-corrected chi connectivity index (χ4v) is 0.928. The molecule has 0 aliphatic rings. The lowest BCUT2D eigenvalue weighted by Crippen LogP contribution is -2.12. The Kier molecular flexibility index (Phi) is 2.92. The summed E-state index contributed by atoms with van der Waals surface area (Å²) in [5.41, 5.74) is 0.938. The second kappa shape index (κ2) is 3.95. The van der Waals surface area contributed by atoms with Gasteiger partial charge in [0.25, 0.3) is 0 Å². The van der Waals surface area contributed by atoms with E-state index < -0.39 is 4.92 Å². The fourth-order valence-electron chi connectivity index (χ4n) is 0.928. The van der Waals surface area contributed by atoms with Gasteiger partial charge in [-0.3, -0.25) is 0 Å². The van der Waals surface area contributed by atoms with Gasteiger partial charge in [-0.2, -0.15) is 0 Å². The fraction of sp³-hybridized carbons (Fsp3) is 0.375. The average Bonchev–Trinajstić information content (AvgIpc) is 2.17. The predicted molar refractivity (Wildman–Crippen MR) is 48.4 cm³/mol. The van der Waals surface area contributed by atoms with Crippen molar-refractivity contribution < 1.29 is 4.92 Å². The lowest BCUT2D eigenvalue weighted by Gasteiger charge is -2.07. The second-order valence-corrected chi connectivity index (χ2v) is 2.72. The molecule has 70 valence electrons. The Hall–Kier alpha value is -1.49. The molecule has 5 nitrogen and oxygen atoms in total. The van der Waals surface area contributed by atoms with Crippen LogP contribution < -0.4 is 5.32 Å². The van der Waals surface area contributed by atoms with Gasteiger partial charge in [0.2, 0.25) is 0 Å². The Balaban J connectivity index is 2.87. The third-order valence-electron chi connectivity index (χ3n) is 1.89. The van der Waals surface area contributed by atoms with Crippen molar-refractivity contribution in [3.8, 4) is 0 Å². The Labute approximate surface area is 75.9 Å². The minimum atomic E-state index is -0.506. The summed E-state index contributed by atoms with van der Waals surface area (Å²) in [5, 5.41) is 13.3. The van der Waals surface area contributed by atoms with E-state index in [9.17, 15) is 10.1 Å². The molecule has 1 aromatic heterocycles.